The zero-order valence-corrected chi connectivity index (χ0v) is 7.08. The maximum atomic E-state index is 11.1. The Bertz CT molecular complexity index is 175. The van der Waals surface area contributed by atoms with E-state index in [0.717, 1.165) is 19.3 Å². The van der Waals surface area contributed by atoms with E-state index in [9.17, 15) is 4.79 Å². The predicted molar refractivity (Wildman–Crippen MR) is 44.5 cm³/mol. The van der Waals surface area contributed by atoms with Gasteiger partial charge in [0.15, 0.2) is 0 Å². The Morgan fingerprint density at radius 3 is 2.82 bits per heavy atom. The topological polar surface area (TPSA) is 32.7 Å². The lowest BCUT2D eigenvalue weighted by Gasteiger charge is -2.04. The normalized spacial score (nSPS) is 24.9. The smallest absolute Gasteiger partial charge is 0.141 e. The summed E-state index contributed by atoms with van der Waals surface area (Å²) in [6, 6.07) is 0. The van der Waals surface area contributed by atoms with Gasteiger partial charge in [0, 0.05) is 26.7 Å². The molecule has 0 spiro atoms. The molecule has 0 bridgehead atoms. The molecular weight excluding hydrogens is 140 g/mol. The van der Waals surface area contributed by atoms with Crippen LogP contribution in [0.15, 0.2) is 5.10 Å². The van der Waals surface area contributed by atoms with Gasteiger partial charge in [-0.3, -0.25) is 4.79 Å². The summed E-state index contributed by atoms with van der Waals surface area (Å²) in [5.74, 6) is 0.438. The van der Waals surface area contributed by atoms with E-state index in [2.05, 4.69) is 5.10 Å². The molecule has 1 atom stereocenters. The number of nitrogens with zero attached hydrogens (tertiary/aromatic N) is 2. The van der Waals surface area contributed by atoms with Gasteiger partial charge in [-0.05, 0) is 12.8 Å². The number of carbonyl (C=O) groups is 1. The van der Waals surface area contributed by atoms with E-state index >= 15 is 0 Å². The minimum atomic E-state index is 0.0948. The first-order valence-electron chi connectivity index (χ1n) is 3.94. The molecule has 0 aliphatic heterocycles. The van der Waals surface area contributed by atoms with Crippen molar-refractivity contribution in [1.29, 1.82) is 0 Å². The van der Waals surface area contributed by atoms with Crippen LogP contribution < -0.4 is 0 Å². The number of hydrazone groups is 1. The average Bonchev–Trinajstić information content (AvgIpc) is 2.31. The molecule has 0 radical (unpaired) electrons. The fraction of sp³-hybridized carbons (Fsp3) is 0.750. The summed E-state index contributed by atoms with van der Waals surface area (Å²) in [7, 11) is 3.71. The Kier molecular flexibility index (Phi) is 2.63. The second-order valence-electron chi connectivity index (χ2n) is 3.08. The molecule has 1 aliphatic rings. The van der Waals surface area contributed by atoms with Crippen molar-refractivity contribution < 1.29 is 4.79 Å². The van der Waals surface area contributed by atoms with Crippen molar-refractivity contribution in [2.45, 2.75) is 19.3 Å². The Morgan fingerprint density at radius 2 is 2.36 bits per heavy atom. The van der Waals surface area contributed by atoms with Gasteiger partial charge in [-0.25, -0.2) is 0 Å². The van der Waals surface area contributed by atoms with Crippen molar-refractivity contribution in [3.63, 3.8) is 0 Å². The molecule has 3 heteroatoms. The van der Waals surface area contributed by atoms with Crippen molar-refractivity contribution in [3.8, 4) is 0 Å². The first-order chi connectivity index (χ1) is 5.20. The zero-order valence-electron chi connectivity index (χ0n) is 7.08. The second-order valence-corrected chi connectivity index (χ2v) is 3.08. The van der Waals surface area contributed by atoms with Crippen LogP contribution in [0.5, 0.6) is 0 Å². The Hall–Kier alpha value is -0.860. The summed E-state index contributed by atoms with van der Waals surface area (Å²) in [5, 5.41) is 5.76. The molecule has 0 amide bonds. The summed E-state index contributed by atoms with van der Waals surface area (Å²) >= 11 is 0. The fourth-order valence-electron chi connectivity index (χ4n) is 1.21. The molecular formula is C8H14N2O. The molecule has 0 aromatic rings. The van der Waals surface area contributed by atoms with E-state index in [1.807, 2.05) is 14.1 Å². The maximum Gasteiger partial charge on any atom is 0.141 e. The van der Waals surface area contributed by atoms with E-state index in [4.69, 9.17) is 0 Å². The van der Waals surface area contributed by atoms with Gasteiger partial charge >= 0.3 is 0 Å². The first-order valence-corrected chi connectivity index (χ1v) is 3.94. The SMILES string of the molecule is CN(C)/N=C/C1CCCC1=O. The highest BCUT2D eigenvalue weighted by Crippen LogP contribution is 2.19. The van der Waals surface area contributed by atoms with Gasteiger partial charge in [0.05, 0.1) is 5.92 Å². The monoisotopic (exact) mass is 154 g/mol. The van der Waals surface area contributed by atoms with E-state index in [0.29, 0.717) is 5.78 Å². The Labute approximate surface area is 67.1 Å². The van der Waals surface area contributed by atoms with Crippen molar-refractivity contribution in [3.05, 3.63) is 0 Å². The molecule has 1 saturated carbocycles. The summed E-state index contributed by atoms with van der Waals surface area (Å²) in [6.45, 7) is 0. The lowest BCUT2D eigenvalue weighted by Crippen LogP contribution is -2.11. The van der Waals surface area contributed by atoms with Gasteiger partial charge < -0.3 is 5.01 Å². The van der Waals surface area contributed by atoms with Crippen LogP contribution in [-0.2, 0) is 4.79 Å². The third-order valence-electron chi connectivity index (χ3n) is 1.83. The molecule has 0 heterocycles. The van der Waals surface area contributed by atoms with Crippen molar-refractivity contribution in [1.82, 2.24) is 5.01 Å². The third kappa shape index (κ3) is 2.33. The van der Waals surface area contributed by atoms with E-state index in [1.54, 1.807) is 11.2 Å². The molecule has 1 rings (SSSR count). The predicted octanol–water partition coefficient (Wildman–Crippen LogP) is 0.903. The summed E-state index contributed by atoms with van der Waals surface area (Å²) in [6.07, 6.45) is 4.51. The van der Waals surface area contributed by atoms with Crippen LogP contribution in [0.2, 0.25) is 0 Å². The average molecular weight is 154 g/mol. The molecule has 1 aliphatic carbocycles. The quantitative estimate of drug-likeness (QED) is 0.437. The van der Waals surface area contributed by atoms with Crippen LogP contribution in [-0.4, -0.2) is 31.1 Å². The van der Waals surface area contributed by atoms with Crippen molar-refractivity contribution in [2.24, 2.45) is 11.0 Å². The molecule has 1 unspecified atom stereocenters. The van der Waals surface area contributed by atoms with Gasteiger partial charge in [0.2, 0.25) is 0 Å². The van der Waals surface area contributed by atoms with E-state index < -0.39 is 0 Å². The number of hydrogen-bond acceptors (Lipinski definition) is 3. The van der Waals surface area contributed by atoms with Crippen LogP contribution in [0.1, 0.15) is 19.3 Å². The summed E-state index contributed by atoms with van der Waals surface area (Å²) in [4.78, 5) is 11.1. The van der Waals surface area contributed by atoms with Gasteiger partial charge in [-0.2, -0.15) is 5.10 Å². The minimum Gasteiger partial charge on any atom is -0.303 e. The fourth-order valence-corrected chi connectivity index (χ4v) is 1.21. The number of Topliss-reactive ketones (excluding diaryl/α,β-unsaturated/α-hetero) is 1. The van der Waals surface area contributed by atoms with Crippen molar-refractivity contribution >= 4 is 12.0 Å². The molecule has 62 valence electrons. The van der Waals surface area contributed by atoms with Gasteiger partial charge in [0.1, 0.15) is 5.78 Å². The van der Waals surface area contributed by atoms with E-state index in [1.165, 1.54) is 0 Å². The van der Waals surface area contributed by atoms with E-state index in [-0.39, 0.29) is 5.92 Å². The van der Waals surface area contributed by atoms with Crippen LogP contribution in [0.3, 0.4) is 0 Å². The van der Waals surface area contributed by atoms with Gasteiger partial charge in [-0.1, -0.05) is 0 Å². The highest BCUT2D eigenvalue weighted by molar-refractivity contribution is 5.96. The second kappa shape index (κ2) is 3.51. The third-order valence-corrected chi connectivity index (χ3v) is 1.83. The molecule has 1 fully saturated rings. The van der Waals surface area contributed by atoms with Crippen LogP contribution in [0.4, 0.5) is 0 Å². The molecule has 0 aromatic carbocycles. The molecule has 11 heavy (non-hydrogen) atoms. The zero-order chi connectivity index (χ0) is 8.27. The summed E-state index contributed by atoms with van der Waals surface area (Å²) in [5.41, 5.74) is 0. The van der Waals surface area contributed by atoms with Crippen LogP contribution >= 0.6 is 0 Å². The van der Waals surface area contributed by atoms with Gasteiger partial charge in [-0.15, -0.1) is 0 Å². The molecule has 0 N–H and O–H groups in total. The van der Waals surface area contributed by atoms with Crippen LogP contribution in [0.25, 0.3) is 0 Å². The first kappa shape index (κ1) is 8.24. The summed E-state index contributed by atoms with van der Waals surface area (Å²) < 4.78 is 0. The molecule has 3 nitrogen and oxygen atoms in total. The number of carbonyl (C=O) groups excluding carboxylic acids is 1. The lowest BCUT2D eigenvalue weighted by atomic mass is 10.1. The number of hydrogen-bond donors (Lipinski definition) is 0. The van der Waals surface area contributed by atoms with Gasteiger partial charge in [0.25, 0.3) is 0 Å². The number of ketones is 1. The number of rotatable bonds is 2. The Morgan fingerprint density at radius 1 is 1.64 bits per heavy atom. The maximum absolute atomic E-state index is 11.1. The van der Waals surface area contributed by atoms with Crippen LogP contribution in [0, 0.1) is 5.92 Å². The van der Waals surface area contributed by atoms with Crippen molar-refractivity contribution in [2.75, 3.05) is 14.1 Å². The highest BCUT2D eigenvalue weighted by atomic mass is 16.1. The molecule has 0 aromatic heterocycles. The Balaban J connectivity index is 2.42. The minimum absolute atomic E-state index is 0.0948. The largest absolute Gasteiger partial charge is 0.303 e. The standard InChI is InChI=1S/C8H14N2O/c1-10(2)9-6-7-4-3-5-8(7)11/h6-7H,3-5H2,1-2H3/b9-6+. The highest BCUT2D eigenvalue weighted by Gasteiger charge is 2.22. The lowest BCUT2D eigenvalue weighted by molar-refractivity contribution is -0.118. The molecule has 0 saturated heterocycles.